The molecule has 0 N–H and O–H groups in total. The average molecular weight is 665 g/mol. The third-order valence-electron chi connectivity index (χ3n) is 9.02. The molecule has 2 unspecified atom stereocenters. The molecule has 0 fully saturated rings. The van der Waals surface area contributed by atoms with Crippen LogP contribution in [-0.4, -0.2) is 16.8 Å². The molecule has 0 bridgehead atoms. The van der Waals surface area contributed by atoms with E-state index in [-0.39, 0.29) is 24.8 Å². The smallest absolute Gasteiger partial charge is 0.147 e. The maximum Gasteiger partial charge on any atom is -0.147 e. The minimum Gasteiger partial charge on any atom is -0.147 e. The van der Waals surface area contributed by atoms with E-state index in [1.54, 1.807) is 11.1 Å². The second-order valence-corrected chi connectivity index (χ2v) is 43.0. The van der Waals surface area contributed by atoms with E-state index in [9.17, 15) is 0 Å². The second-order valence-electron chi connectivity index (χ2n) is 12.5. The van der Waals surface area contributed by atoms with Gasteiger partial charge in [-0.25, -0.2) is 0 Å². The molecule has 0 spiro atoms. The number of rotatable bonds is 4. The van der Waals surface area contributed by atoms with Crippen LogP contribution in [-0.2, 0) is 17.4 Å². The van der Waals surface area contributed by atoms with Crippen LogP contribution in [0.4, 0.5) is 0 Å². The van der Waals surface area contributed by atoms with Crippen LogP contribution in [0.1, 0.15) is 54.5 Å². The van der Waals surface area contributed by atoms with Crippen molar-refractivity contribution in [1.29, 1.82) is 0 Å². The Morgan fingerprint density at radius 1 is 0.600 bits per heavy atom. The number of nitrogens with zero attached hydrogens (tertiary/aromatic N) is 2. The summed E-state index contributed by atoms with van der Waals surface area (Å²) in [4.78, 5) is 9.46. The number of halogens is 2. The molecule has 0 radical (unpaired) electrons. The first-order valence-corrected chi connectivity index (χ1v) is 27.3. The zero-order valence-electron chi connectivity index (χ0n) is 24.2. The molecule has 206 valence electrons. The van der Waals surface area contributed by atoms with Crippen molar-refractivity contribution < 1.29 is 17.4 Å². The number of pyridine rings is 2. The minimum atomic E-state index is -3.61. The van der Waals surface area contributed by atoms with Crippen molar-refractivity contribution in [3.63, 3.8) is 0 Å². The Morgan fingerprint density at radius 2 is 1.00 bits per heavy atom. The van der Waals surface area contributed by atoms with Crippen LogP contribution >= 0.6 is 24.8 Å². The Bertz CT molecular complexity index is 1610. The Labute approximate surface area is 253 Å². The standard InChI is InChI=1S/2C16H14N.2CH3.2ClH.H2Si.Zr/c2*1-11-9-14-12(2)6-7-13(15(14)10-11)16-5-3-4-8-17-16;;;;;;/h2*3-10H,1-2H3;2*1H3;2*1H;1H2;. The van der Waals surface area contributed by atoms with E-state index in [0.717, 1.165) is 11.4 Å². The number of allylic oxidation sites excluding steroid dienone is 2. The average Bonchev–Trinajstić information content (AvgIpc) is 3.44. The molecule has 2 atom stereocenters. The molecule has 0 aliphatic heterocycles. The van der Waals surface area contributed by atoms with Gasteiger partial charge < -0.3 is 0 Å². The van der Waals surface area contributed by atoms with Gasteiger partial charge in [0, 0.05) is 0 Å². The van der Waals surface area contributed by atoms with E-state index in [1.807, 2.05) is 24.5 Å². The van der Waals surface area contributed by atoms with Crippen molar-refractivity contribution in [3.05, 3.63) is 118 Å². The topological polar surface area (TPSA) is 25.8 Å². The fraction of sp³-hybridized carbons (Fsp3) is 0.235. The Hall–Kier alpha value is -2.10. The van der Waals surface area contributed by atoms with Gasteiger partial charge >= 0.3 is 231 Å². The third kappa shape index (κ3) is 4.75. The molecule has 6 heteroatoms. The first-order valence-electron chi connectivity index (χ1n) is 13.6. The molecule has 4 aromatic rings. The molecule has 2 aliphatic carbocycles. The van der Waals surface area contributed by atoms with Crippen LogP contribution in [0.15, 0.2) is 84.2 Å². The molecule has 2 aromatic carbocycles. The van der Waals surface area contributed by atoms with Crippen molar-refractivity contribution in [3.8, 4) is 22.5 Å². The predicted octanol–water partition coefficient (Wildman–Crippen LogP) is 9.22. The van der Waals surface area contributed by atoms with Crippen LogP contribution in [0, 0.1) is 13.8 Å². The van der Waals surface area contributed by atoms with Crippen molar-refractivity contribution in [2.75, 3.05) is 0 Å². The number of aryl methyl sites for hydroxylation is 2. The number of fused-ring (bicyclic) bond motifs is 2. The fourth-order valence-corrected chi connectivity index (χ4v) is 29.1. The first-order chi connectivity index (χ1) is 18.1. The van der Waals surface area contributed by atoms with Gasteiger partial charge in [-0.05, 0) is 0 Å². The van der Waals surface area contributed by atoms with Crippen LogP contribution in [0.3, 0.4) is 0 Å². The van der Waals surface area contributed by atoms with Crippen molar-refractivity contribution in [2.45, 2.75) is 44.2 Å². The van der Waals surface area contributed by atoms with Gasteiger partial charge in [-0.15, -0.1) is 24.8 Å². The predicted molar refractivity (Wildman–Crippen MR) is 176 cm³/mol. The second kappa shape index (κ2) is 11.0. The van der Waals surface area contributed by atoms with Gasteiger partial charge in [0.05, 0.1) is 0 Å². The maximum atomic E-state index is 4.73. The molecule has 6 rings (SSSR count). The molecule has 2 aliphatic rings. The number of hydrogen-bond acceptors (Lipinski definition) is 2. The van der Waals surface area contributed by atoms with Crippen LogP contribution in [0.2, 0.25) is 9.26 Å². The number of hydrogen-bond donors (Lipinski definition) is 0. The molecular formula is C34H38Cl2N2SiZr. The summed E-state index contributed by atoms with van der Waals surface area (Å²) in [6.45, 7) is 11.8. The zero-order valence-corrected chi connectivity index (χ0v) is 29.7. The van der Waals surface area contributed by atoms with Crippen LogP contribution < -0.4 is 0 Å². The Morgan fingerprint density at radius 3 is 1.35 bits per heavy atom. The summed E-state index contributed by atoms with van der Waals surface area (Å²) >= 11 is -3.61. The van der Waals surface area contributed by atoms with E-state index < -0.39 is 17.4 Å². The number of aromatic nitrogens is 2. The van der Waals surface area contributed by atoms with Crippen LogP contribution in [0.25, 0.3) is 34.7 Å². The zero-order chi connectivity index (χ0) is 26.8. The summed E-state index contributed by atoms with van der Waals surface area (Å²) in [7, 11) is 0. The molecule has 0 amide bonds. The largest absolute Gasteiger partial charge is 0.147 e. The van der Waals surface area contributed by atoms with Gasteiger partial charge in [-0.1, -0.05) is 0 Å². The van der Waals surface area contributed by atoms with Crippen molar-refractivity contribution >= 4 is 43.8 Å². The SMILES string of the molecule is CC1=Cc2c(-c3ccccn3)ccc(C)c2[CH]1[Zr]([CH3])([CH3])(=[SiH2])[CH]1C(C)=Cc2c(-c3ccccn3)ccc(C)c21.Cl.Cl. The molecule has 2 aromatic heterocycles. The summed E-state index contributed by atoms with van der Waals surface area (Å²) in [5.74, 6) is 0. The summed E-state index contributed by atoms with van der Waals surface area (Å²) in [5, 5.41) is 0. The monoisotopic (exact) mass is 662 g/mol. The normalized spacial score (nSPS) is 17.7. The van der Waals surface area contributed by atoms with Crippen LogP contribution in [0.5, 0.6) is 0 Å². The molecule has 2 heterocycles. The summed E-state index contributed by atoms with van der Waals surface area (Å²) in [5.41, 5.74) is 16.4. The van der Waals surface area contributed by atoms with Crippen molar-refractivity contribution in [2.24, 2.45) is 0 Å². The summed E-state index contributed by atoms with van der Waals surface area (Å²) < 4.78 is 6.41. The number of benzene rings is 2. The first kappa shape index (κ1) is 30.8. The Kier molecular flexibility index (Phi) is 8.45. The molecular weight excluding hydrogens is 627 g/mol. The molecule has 0 saturated carbocycles. The molecule has 0 saturated heterocycles. The summed E-state index contributed by atoms with van der Waals surface area (Å²) in [6.07, 6.45) is 8.78. The van der Waals surface area contributed by atoms with E-state index in [0.29, 0.717) is 7.25 Å². The van der Waals surface area contributed by atoms with Gasteiger partial charge in [-0.3, -0.25) is 0 Å². The molecule has 2 nitrogen and oxygen atoms in total. The summed E-state index contributed by atoms with van der Waals surface area (Å²) in [6, 6.07) is 21.7. The van der Waals surface area contributed by atoms with E-state index in [1.165, 1.54) is 44.5 Å². The fourth-order valence-electron chi connectivity index (χ4n) is 7.75. The van der Waals surface area contributed by atoms with Gasteiger partial charge in [0.1, 0.15) is 0 Å². The van der Waals surface area contributed by atoms with Gasteiger partial charge in [-0.2, -0.15) is 0 Å². The van der Waals surface area contributed by atoms with Gasteiger partial charge in [0.25, 0.3) is 0 Å². The minimum absolute atomic E-state index is 0. The third-order valence-corrected chi connectivity index (χ3v) is 26.8. The van der Waals surface area contributed by atoms with Crippen molar-refractivity contribution in [1.82, 2.24) is 9.97 Å². The van der Waals surface area contributed by atoms with Gasteiger partial charge in [0.2, 0.25) is 0 Å². The quantitative estimate of drug-likeness (QED) is 0.203. The van der Waals surface area contributed by atoms with Gasteiger partial charge in [0.15, 0.2) is 0 Å². The Balaban J connectivity index is 0.00000185. The molecule has 40 heavy (non-hydrogen) atoms. The van der Waals surface area contributed by atoms with E-state index in [4.69, 9.17) is 9.97 Å². The van der Waals surface area contributed by atoms with E-state index >= 15 is 0 Å². The maximum absolute atomic E-state index is 4.73. The van der Waals surface area contributed by atoms with E-state index in [2.05, 4.69) is 105 Å².